The number of nitrogens with zero attached hydrogens (tertiary/aromatic N) is 1. The highest BCUT2D eigenvalue weighted by molar-refractivity contribution is 5.75. The topological polar surface area (TPSA) is 28.7 Å². The van der Waals surface area contributed by atoms with Gasteiger partial charge in [0.05, 0.1) is 11.0 Å². The lowest BCUT2D eigenvalue weighted by atomic mass is 10.1. The van der Waals surface area contributed by atoms with Crippen LogP contribution in [0.2, 0.25) is 0 Å². The SMILES string of the molecule is Fc1cc2nc(C3CCCC3)[nH]c2cc1F. The first-order chi connectivity index (χ1) is 7.74. The predicted octanol–water partition coefficient (Wildman–Crippen LogP) is 3.50. The normalized spacial score (nSPS) is 17.4. The van der Waals surface area contributed by atoms with Crippen LogP contribution in [0, 0.1) is 11.6 Å². The zero-order chi connectivity index (χ0) is 11.1. The third-order valence-corrected chi connectivity index (χ3v) is 3.28. The molecule has 0 amide bonds. The molecule has 1 aromatic heterocycles. The molecule has 1 N–H and O–H groups in total. The molecule has 0 spiro atoms. The van der Waals surface area contributed by atoms with E-state index in [-0.39, 0.29) is 0 Å². The second kappa shape index (κ2) is 3.54. The molecule has 1 heterocycles. The number of hydrogen-bond donors (Lipinski definition) is 1. The Morgan fingerprint density at radius 2 is 1.81 bits per heavy atom. The molecule has 0 atom stereocenters. The number of rotatable bonds is 1. The zero-order valence-electron chi connectivity index (χ0n) is 8.76. The van der Waals surface area contributed by atoms with Crippen molar-refractivity contribution in [1.29, 1.82) is 0 Å². The molecule has 0 aliphatic heterocycles. The summed E-state index contributed by atoms with van der Waals surface area (Å²) in [5, 5.41) is 0. The summed E-state index contributed by atoms with van der Waals surface area (Å²) in [7, 11) is 0. The van der Waals surface area contributed by atoms with Crippen LogP contribution in [0.3, 0.4) is 0 Å². The van der Waals surface area contributed by atoms with Gasteiger partial charge in [-0.25, -0.2) is 13.8 Å². The van der Waals surface area contributed by atoms with Gasteiger partial charge in [0.15, 0.2) is 11.6 Å². The summed E-state index contributed by atoms with van der Waals surface area (Å²) >= 11 is 0. The van der Waals surface area contributed by atoms with Crippen molar-refractivity contribution in [2.45, 2.75) is 31.6 Å². The lowest BCUT2D eigenvalue weighted by Gasteiger charge is -2.02. The van der Waals surface area contributed by atoms with E-state index in [9.17, 15) is 8.78 Å². The Morgan fingerprint density at radius 3 is 2.56 bits per heavy atom. The Labute approximate surface area is 91.7 Å². The van der Waals surface area contributed by atoms with Crippen LogP contribution >= 0.6 is 0 Å². The number of fused-ring (bicyclic) bond motifs is 1. The van der Waals surface area contributed by atoms with Crippen LogP contribution in [0.4, 0.5) is 8.78 Å². The van der Waals surface area contributed by atoms with Gasteiger partial charge in [0.25, 0.3) is 0 Å². The average Bonchev–Trinajstić information content (AvgIpc) is 2.86. The number of hydrogen-bond acceptors (Lipinski definition) is 1. The van der Waals surface area contributed by atoms with Gasteiger partial charge < -0.3 is 4.98 Å². The molecule has 1 aliphatic rings. The molecule has 0 saturated heterocycles. The number of nitrogens with one attached hydrogen (secondary N) is 1. The standard InChI is InChI=1S/C12H12F2N2/c13-8-5-10-11(6-9(8)14)16-12(15-10)7-3-1-2-4-7/h5-7H,1-4H2,(H,15,16). The Bertz CT molecular complexity index is 488. The van der Waals surface area contributed by atoms with Gasteiger partial charge in [-0.05, 0) is 12.8 Å². The van der Waals surface area contributed by atoms with Gasteiger partial charge in [-0.3, -0.25) is 0 Å². The Balaban J connectivity index is 2.08. The van der Waals surface area contributed by atoms with Crippen LogP contribution in [0.25, 0.3) is 11.0 Å². The Hall–Kier alpha value is -1.45. The van der Waals surface area contributed by atoms with E-state index >= 15 is 0 Å². The summed E-state index contributed by atoms with van der Waals surface area (Å²) < 4.78 is 26.0. The second-order valence-corrected chi connectivity index (χ2v) is 4.39. The fourth-order valence-electron chi connectivity index (χ4n) is 2.42. The smallest absolute Gasteiger partial charge is 0.161 e. The van der Waals surface area contributed by atoms with Crippen LogP contribution < -0.4 is 0 Å². The summed E-state index contributed by atoms with van der Waals surface area (Å²) in [6, 6.07) is 2.33. The number of imidazole rings is 1. The van der Waals surface area contributed by atoms with Crippen LogP contribution in [-0.2, 0) is 0 Å². The molecule has 3 rings (SSSR count). The lowest BCUT2D eigenvalue weighted by molar-refractivity contribution is 0.510. The quantitative estimate of drug-likeness (QED) is 0.786. The van der Waals surface area contributed by atoms with Gasteiger partial charge in [0.1, 0.15) is 5.82 Å². The van der Waals surface area contributed by atoms with E-state index in [1.807, 2.05) is 0 Å². The van der Waals surface area contributed by atoms with E-state index in [0.717, 1.165) is 24.7 Å². The minimum Gasteiger partial charge on any atom is -0.342 e. The number of benzene rings is 1. The molecule has 16 heavy (non-hydrogen) atoms. The van der Waals surface area contributed by atoms with Crippen molar-refractivity contribution in [2.75, 3.05) is 0 Å². The molecule has 0 unspecified atom stereocenters. The number of aromatic nitrogens is 2. The molecule has 84 valence electrons. The van der Waals surface area contributed by atoms with Gasteiger partial charge in [0, 0.05) is 18.1 Å². The Morgan fingerprint density at radius 1 is 1.12 bits per heavy atom. The van der Waals surface area contributed by atoms with E-state index in [2.05, 4.69) is 9.97 Å². The van der Waals surface area contributed by atoms with Crippen molar-refractivity contribution in [2.24, 2.45) is 0 Å². The molecule has 2 aromatic rings. The summed E-state index contributed by atoms with van der Waals surface area (Å²) in [6.45, 7) is 0. The minimum atomic E-state index is -0.836. The predicted molar refractivity (Wildman–Crippen MR) is 57.2 cm³/mol. The van der Waals surface area contributed by atoms with E-state index < -0.39 is 11.6 Å². The first kappa shape index (κ1) is 9.75. The number of halogens is 2. The van der Waals surface area contributed by atoms with Crippen LogP contribution in [0.5, 0.6) is 0 Å². The molecule has 1 aromatic carbocycles. The fraction of sp³-hybridized carbons (Fsp3) is 0.417. The molecule has 1 saturated carbocycles. The van der Waals surface area contributed by atoms with Crippen LogP contribution in [0.1, 0.15) is 37.4 Å². The number of aromatic amines is 1. The third-order valence-electron chi connectivity index (χ3n) is 3.28. The molecule has 1 aliphatic carbocycles. The summed E-state index contributed by atoms with van der Waals surface area (Å²) in [5.74, 6) is -0.359. The van der Waals surface area contributed by atoms with Crippen molar-refractivity contribution < 1.29 is 8.78 Å². The van der Waals surface area contributed by atoms with Crippen LogP contribution in [0.15, 0.2) is 12.1 Å². The van der Waals surface area contributed by atoms with Crippen molar-refractivity contribution in [3.05, 3.63) is 29.6 Å². The maximum absolute atomic E-state index is 13.0. The highest BCUT2D eigenvalue weighted by Gasteiger charge is 2.20. The molecular formula is C12H12F2N2. The van der Waals surface area contributed by atoms with E-state index in [1.54, 1.807) is 0 Å². The first-order valence-electron chi connectivity index (χ1n) is 5.59. The third kappa shape index (κ3) is 1.49. The summed E-state index contributed by atoms with van der Waals surface area (Å²) in [5.41, 5.74) is 1.10. The largest absolute Gasteiger partial charge is 0.342 e. The minimum absolute atomic E-state index is 0.429. The highest BCUT2D eigenvalue weighted by Crippen LogP contribution is 2.33. The van der Waals surface area contributed by atoms with Crippen molar-refractivity contribution >= 4 is 11.0 Å². The van der Waals surface area contributed by atoms with Crippen LogP contribution in [-0.4, -0.2) is 9.97 Å². The molecule has 1 fully saturated rings. The van der Waals surface area contributed by atoms with Crippen molar-refractivity contribution in [3.8, 4) is 0 Å². The maximum atomic E-state index is 13.0. The van der Waals surface area contributed by atoms with E-state index in [0.29, 0.717) is 17.0 Å². The van der Waals surface area contributed by atoms with Crippen molar-refractivity contribution in [3.63, 3.8) is 0 Å². The molecule has 4 heteroatoms. The molecule has 2 nitrogen and oxygen atoms in total. The zero-order valence-corrected chi connectivity index (χ0v) is 8.76. The lowest BCUT2D eigenvalue weighted by Crippen LogP contribution is -1.93. The highest BCUT2D eigenvalue weighted by atomic mass is 19.2. The van der Waals surface area contributed by atoms with E-state index in [1.165, 1.54) is 18.9 Å². The monoisotopic (exact) mass is 222 g/mol. The van der Waals surface area contributed by atoms with Gasteiger partial charge >= 0.3 is 0 Å². The maximum Gasteiger partial charge on any atom is 0.161 e. The average molecular weight is 222 g/mol. The molecule has 0 radical (unpaired) electrons. The van der Waals surface area contributed by atoms with E-state index in [4.69, 9.17) is 0 Å². The van der Waals surface area contributed by atoms with Gasteiger partial charge in [-0.2, -0.15) is 0 Å². The van der Waals surface area contributed by atoms with Gasteiger partial charge in [-0.1, -0.05) is 12.8 Å². The fourth-order valence-corrected chi connectivity index (χ4v) is 2.42. The molecule has 0 bridgehead atoms. The summed E-state index contributed by atoms with van der Waals surface area (Å²) in [4.78, 5) is 7.42. The first-order valence-corrected chi connectivity index (χ1v) is 5.59. The van der Waals surface area contributed by atoms with Crippen molar-refractivity contribution in [1.82, 2.24) is 9.97 Å². The second-order valence-electron chi connectivity index (χ2n) is 4.39. The van der Waals surface area contributed by atoms with Gasteiger partial charge in [-0.15, -0.1) is 0 Å². The molecular weight excluding hydrogens is 210 g/mol. The number of H-pyrrole nitrogens is 1. The van der Waals surface area contributed by atoms with Gasteiger partial charge in [0.2, 0.25) is 0 Å². The summed E-state index contributed by atoms with van der Waals surface area (Å²) in [6.07, 6.45) is 4.66. The Kier molecular flexibility index (Phi) is 2.16.